The Labute approximate surface area is 130 Å². The molecule has 0 aromatic rings. The number of aliphatic imine (C=N–C) groups is 1. The van der Waals surface area contributed by atoms with Crippen molar-refractivity contribution in [2.45, 2.75) is 58.4 Å². The molecule has 21 heavy (non-hydrogen) atoms. The fourth-order valence-corrected chi connectivity index (χ4v) is 3.34. The fraction of sp³-hybridized carbons (Fsp3) is 0.941. The Hall–Kier alpha value is -0.770. The number of hydrogen-bond donors (Lipinski definition) is 2. The van der Waals surface area contributed by atoms with Crippen molar-refractivity contribution in [1.29, 1.82) is 0 Å². The molecule has 0 aromatic carbocycles. The highest BCUT2D eigenvalue weighted by atomic mass is 15.2. The van der Waals surface area contributed by atoms with E-state index in [4.69, 9.17) is 4.99 Å². The molecule has 0 spiro atoms. The van der Waals surface area contributed by atoms with Crippen LogP contribution in [0.3, 0.4) is 0 Å². The predicted molar refractivity (Wildman–Crippen MR) is 90.8 cm³/mol. The van der Waals surface area contributed by atoms with E-state index in [0.29, 0.717) is 11.5 Å². The van der Waals surface area contributed by atoms with Crippen LogP contribution in [0.25, 0.3) is 0 Å². The monoisotopic (exact) mass is 294 g/mol. The molecule has 2 aliphatic rings. The number of hydrogen-bond acceptors (Lipinski definition) is 2. The largest absolute Gasteiger partial charge is 0.357 e. The van der Waals surface area contributed by atoms with E-state index in [-0.39, 0.29) is 0 Å². The summed E-state index contributed by atoms with van der Waals surface area (Å²) in [6.07, 6.45) is 8.13. The lowest BCUT2D eigenvalue weighted by Crippen LogP contribution is -2.46. The standard InChI is InChI=1S/C17H34N4/c1-5-17(10-7-11-17)13-20-16(18-6-2)19-12-15(21(3)4)14-8-9-14/h14-15H,5-13H2,1-4H3,(H2,18,19,20). The molecule has 0 aromatic heterocycles. The van der Waals surface area contributed by atoms with Crippen molar-refractivity contribution >= 4 is 5.96 Å². The zero-order valence-corrected chi connectivity index (χ0v) is 14.4. The van der Waals surface area contributed by atoms with Gasteiger partial charge in [0.05, 0.1) is 0 Å². The first kappa shape index (κ1) is 16.6. The molecule has 2 N–H and O–H groups in total. The zero-order valence-electron chi connectivity index (χ0n) is 14.4. The molecule has 0 heterocycles. The van der Waals surface area contributed by atoms with Crippen molar-refractivity contribution in [2.75, 3.05) is 33.7 Å². The normalized spacial score (nSPS) is 22.8. The van der Waals surface area contributed by atoms with E-state index in [9.17, 15) is 0 Å². The van der Waals surface area contributed by atoms with Gasteiger partial charge in [0.2, 0.25) is 0 Å². The number of nitrogens with one attached hydrogen (secondary N) is 2. The first-order chi connectivity index (χ1) is 10.1. The number of likely N-dealkylation sites (N-methyl/N-ethyl adjacent to an activating group) is 1. The van der Waals surface area contributed by atoms with Gasteiger partial charge in [-0.25, -0.2) is 0 Å². The van der Waals surface area contributed by atoms with Crippen LogP contribution in [0.4, 0.5) is 0 Å². The third kappa shape index (κ3) is 4.60. The second kappa shape index (κ2) is 7.48. The number of rotatable bonds is 8. The summed E-state index contributed by atoms with van der Waals surface area (Å²) < 4.78 is 0. The van der Waals surface area contributed by atoms with Crippen LogP contribution in [-0.4, -0.2) is 50.6 Å². The molecule has 2 rings (SSSR count). The zero-order chi connectivity index (χ0) is 15.3. The highest BCUT2D eigenvalue weighted by Crippen LogP contribution is 2.43. The molecule has 4 heteroatoms. The Morgan fingerprint density at radius 2 is 1.95 bits per heavy atom. The van der Waals surface area contributed by atoms with Crippen LogP contribution in [0.2, 0.25) is 0 Å². The summed E-state index contributed by atoms with van der Waals surface area (Å²) in [7, 11) is 4.38. The van der Waals surface area contributed by atoms with E-state index in [1.54, 1.807) is 0 Å². The van der Waals surface area contributed by atoms with Gasteiger partial charge in [-0.3, -0.25) is 4.99 Å². The van der Waals surface area contributed by atoms with Gasteiger partial charge in [-0.1, -0.05) is 13.3 Å². The summed E-state index contributed by atoms with van der Waals surface area (Å²) >= 11 is 0. The summed E-state index contributed by atoms with van der Waals surface area (Å²) in [5.41, 5.74) is 0.500. The van der Waals surface area contributed by atoms with Gasteiger partial charge >= 0.3 is 0 Å². The van der Waals surface area contributed by atoms with Gasteiger partial charge in [-0.05, 0) is 64.5 Å². The first-order valence-electron chi connectivity index (χ1n) is 8.79. The third-order valence-electron chi connectivity index (χ3n) is 5.39. The van der Waals surface area contributed by atoms with Crippen LogP contribution in [0, 0.1) is 11.3 Å². The minimum atomic E-state index is 0.500. The second-order valence-corrected chi connectivity index (χ2v) is 7.15. The quantitative estimate of drug-likeness (QED) is 0.533. The maximum atomic E-state index is 4.87. The summed E-state index contributed by atoms with van der Waals surface area (Å²) in [5.74, 6) is 1.88. The van der Waals surface area contributed by atoms with E-state index < -0.39 is 0 Å². The van der Waals surface area contributed by atoms with Crippen LogP contribution >= 0.6 is 0 Å². The Morgan fingerprint density at radius 3 is 2.38 bits per heavy atom. The van der Waals surface area contributed by atoms with Crippen molar-refractivity contribution in [1.82, 2.24) is 15.5 Å². The third-order valence-corrected chi connectivity index (χ3v) is 5.39. The maximum Gasteiger partial charge on any atom is 0.191 e. The van der Waals surface area contributed by atoms with Gasteiger partial charge < -0.3 is 15.5 Å². The lowest BCUT2D eigenvalue weighted by molar-refractivity contribution is 0.139. The molecule has 2 aliphatic carbocycles. The van der Waals surface area contributed by atoms with Crippen LogP contribution in [-0.2, 0) is 0 Å². The first-order valence-corrected chi connectivity index (χ1v) is 8.79. The Balaban J connectivity index is 1.85. The highest BCUT2D eigenvalue weighted by Gasteiger charge is 2.35. The van der Waals surface area contributed by atoms with Crippen molar-refractivity contribution in [3.05, 3.63) is 0 Å². The SMILES string of the molecule is CCNC(=NCC1(CC)CCC1)NCC(C1CC1)N(C)C. The average Bonchev–Trinajstić information content (AvgIpc) is 3.22. The highest BCUT2D eigenvalue weighted by molar-refractivity contribution is 5.79. The fourth-order valence-electron chi connectivity index (χ4n) is 3.34. The smallest absolute Gasteiger partial charge is 0.191 e. The molecule has 2 fully saturated rings. The van der Waals surface area contributed by atoms with Gasteiger partial charge in [0.25, 0.3) is 0 Å². The van der Waals surface area contributed by atoms with E-state index >= 15 is 0 Å². The van der Waals surface area contributed by atoms with Gasteiger partial charge in [0.15, 0.2) is 5.96 Å². The van der Waals surface area contributed by atoms with Crippen molar-refractivity contribution < 1.29 is 0 Å². The van der Waals surface area contributed by atoms with Crippen molar-refractivity contribution in [2.24, 2.45) is 16.3 Å². The molecule has 0 saturated heterocycles. The molecule has 1 atom stereocenters. The molecule has 122 valence electrons. The molecule has 0 aliphatic heterocycles. The van der Waals surface area contributed by atoms with E-state index in [1.807, 2.05) is 0 Å². The summed E-state index contributed by atoms with van der Waals surface area (Å²) in [6.45, 7) is 7.36. The van der Waals surface area contributed by atoms with E-state index in [1.165, 1.54) is 38.5 Å². The Morgan fingerprint density at radius 1 is 1.24 bits per heavy atom. The lowest BCUT2D eigenvalue weighted by Gasteiger charge is -2.40. The topological polar surface area (TPSA) is 39.7 Å². The number of nitrogens with zero attached hydrogens (tertiary/aromatic N) is 2. The predicted octanol–water partition coefficient (Wildman–Crippen LogP) is 2.46. The van der Waals surface area contributed by atoms with E-state index in [0.717, 1.165) is 31.5 Å². The Bertz CT molecular complexity index is 335. The van der Waals surface area contributed by atoms with Crippen LogP contribution in [0.1, 0.15) is 52.4 Å². The summed E-state index contributed by atoms with van der Waals surface area (Å²) in [6, 6.07) is 0.637. The minimum Gasteiger partial charge on any atom is -0.357 e. The van der Waals surface area contributed by atoms with Crippen molar-refractivity contribution in [3.63, 3.8) is 0 Å². The van der Waals surface area contributed by atoms with Crippen LogP contribution in [0.15, 0.2) is 4.99 Å². The van der Waals surface area contributed by atoms with Crippen LogP contribution in [0.5, 0.6) is 0 Å². The van der Waals surface area contributed by atoms with Crippen molar-refractivity contribution in [3.8, 4) is 0 Å². The second-order valence-electron chi connectivity index (χ2n) is 7.15. The maximum absolute atomic E-state index is 4.87. The van der Waals surface area contributed by atoms with Crippen LogP contribution < -0.4 is 10.6 Å². The lowest BCUT2D eigenvalue weighted by atomic mass is 9.67. The molecular formula is C17H34N4. The van der Waals surface area contributed by atoms with Gasteiger partial charge in [0.1, 0.15) is 0 Å². The van der Waals surface area contributed by atoms with Gasteiger partial charge in [0, 0.05) is 25.7 Å². The molecular weight excluding hydrogens is 260 g/mol. The minimum absolute atomic E-state index is 0.500. The van der Waals surface area contributed by atoms with Gasteiger partial charge in [-0.2, -0.15) is 0 Å². The van der Waals surface area contributed by atoms with E-state index in [2.05, 4.69) is 43.5 Å². The molecule has 1 unspecified atom stereocenters. The molecule has 0 radical (unpaired) electrons. The van der Waals surface area contributed by atoms with Gasteiger partial charge in [-0.15, -0.1) is 0 Å². The summed E-state index contributed by atoms with van der Waals surface area (Å²) in [4.78, 5) is 7.22. The summed E-state index contributed by atoms with van der Waals surface area (Å²) in [5, 5.41) is 6.97. The molecule has 0 bridgehead atoms. The molecule has 2 saturated carbocycles. The molecule has 0 amide bonds. The number of guanidine groups is 1. The Kier molecular flexibility index (Phi) is 5.91. The average molecular weight is 294 g/mol. The molecule has 4 nitrogen and oxygen atoms in total.